The van der Waals surface area contributed by atoms with Crippen molar-refractivity contribution in [3.05, 3.63) is 42.4 Å². The normalized spacial score (nSPS) is 13.3. The van der Waals surface area contributed by atoms with Crippen LogP contribution in [0.5, 0.6) is 5.75 Å². The van der Waals surface area contributed by atoms with Gasteiger partial charge in [0, 0.05) is 57.7 Å². The summed E-state index contributed by atoms with van der Waals surface area (Å²) in [6.45, 7) is 7.11. The summed E-state index contributed by atoms with van der Waals surface area (Å²) in [5, 5.41) is 23.4. The second-order valence-electron chi connectivity index (χ2n) is 5.58. The van der Waals surface area contributed by atoms with Gasteiger partial charge in [0.15, 0.2) is 0 Å². The molecule has 0 atom stereocenters. The van der Waals surface area contributed by atoms with E-state index in [-0.39, 0.29) is 26.8 Å². The number of hydrogen-bond donors (Lipinski definition) is 1. The quantitative estimate of drug-likeness (QED) is 0.532. The molecule has 0 spiro atoms. The Morgan fingerprint density at radius 3 is 2.52 bits per heavy atom. The van der Waals surface area contributed by atoms with E-state index in [2.05, 4.69) is 15.0 Å². The minimum Gasteiger partial charge on any atom is -0.506 e. The molecule has 1 aliphatic rings. The van der Waals surface area contributed by atoms with Crippen molar-refractivity contribution in [3.8, 4) is 22.9 Å². The fourth-order valence-electron chi connectivity index (χ4n) is 2.88. The second kappa shape index (κ2) is 9.50. The third kappa shape index (κ3) is 4.29. The van der Waals surface area contributed by atoms with Gasteiger partial charge >= 0.3 is 0 Å². The van der Waals surface area contributed by atoms with E-state index in [0.717, 1.165) is 30.0 Å². The molecular weight excluding hydrogens is 525 g/mol. The summed E-state index contributed by atoms with van der Waals surface area (Å²) in [7, 11) is 0. The van der Waals surface area contributed by atoms with Gasteiger partial charge in [-0.25, -0.2) is 9.50 Å². The molecule has 0 saturated carbocycles. The molecule has 1 saturated heterocycles. The van der Waals surface area contributed by atoms with Crippen molar-refractivity contribution in [2.45, 2.75) is 13.8 Å². The standard InChI is InChI=1S/C17H15N5O2.C2H6.Pt/c18-8-14-10-20-22-11-13(7-15(23)17(14)22)12-1-2-16(19-9-12)21-3-5-24-6-4-21;1-2;/h1-2,7,9-11,23H,3-6H2;1-2H3;. The van der Waals surface area contributed by atoms with E-state index in [1.165, 1.54) is 10.7 Å². The molecule has 4 heterocycles. The van der Waals surface area contributed by atoms with Gasteiger partial charge in [0.25, 0.3) is 0 Å². The van der Waals surface area contributed by atoms with Crippen molar-refractivity contribution in [1.29, 1.82) is 5.26 Å². The zero-order valence-electron chi connectivity index (χ0n) is 15.2. The first kappa shape index (κ1) is 20.9. The molecule has 0 aliphatic carbocycles. The van der Waals surface area contributed by atoms with Crippen molar-refractivity contribution in [2.75, 3.05) is 31.2 Å². The molecule has 3 aromatic heterocycles. The van der Waals surface area contributed by atoms with Gasteiger partial charge in [-0.15, -0.1) is 0 Å². The van der Waals surface area contributed by atoms with Crippen LogP contribution in [0.25, 0.3) is 16.6 Å². The summed E-state index contributed by atoms with van der Waals surface area (Å²) in [6, 6.07) is 7.58. The van der Waals surface area contributed by atoms with Crippen LogP contribution < -0.4 is 4.90 Å². The first-order valence-electron chi connectivity index (χ1n) is 8.66. The topological polar surface area (TPSA) is 86.7 Å². The number of aromatic hydroxyl groups is 1. The minimum atomic E-state index is 0. The van der Waals surface area contributed by atoms with E-state index in [4.69, 9.17) is 10.00 Å². The maximum Gasteiger partial charge on any atom is 0.143 e. The third-order valence-electron chi connectivity index (χ3n) is 4.13. The van der Waals surface area contributed by atoms with Crippen LogP contribution in [0.15, 0.2) is 36.8 Å². The average molecular weight is 546 g/mol. The number of anilines is 1. The number of morpholine rings is 1. The van der Waals surface area contributed by atoms with Gasteiger partial charge in [0.1, 0.15) is 28.7 Å². The van der Waals surface area contributed by atoms with E-state index in [1.807, 2.05) is 32.0 Å². The van der Waals surface area contributed by atoms with E-state index in [0.29, 0.717) is 24.3 Å². The van der Waals surface area contributed by atoms with Crippen LogP contribution in [0.1, 0.15) is 19.4 Å². The predicted molar refractivity (Wildman–Crippen MR) is 99.2 cm³/mol. The molecule has 1 fully saturated rings. The number of nitriles is 1. The van der Waals surface area contributed by atoms with Crippen molar-refractivity contribution in [2.24, 2.45) is 0 Å². The molecule has 8 heteroatoms. The molecule has 0 aromatic carbocycles. The number of ether oxygens (including phenoxy) is 1. The van der Waals surface area contributed by atoms with Crippen molar-refractivity contribution < 1.29 is 30.9 Å². The molecule has 1 N–H and O–H groups in total. The average Bonchev–Trinajstić information content (AvgIpc) is 3.14. The molecule has 0 unspecified atom stereocenters. The number of rotatable bonds is 2. The summed E-state index contributed by atoms with van der Waals surface area (Å²) >= 11 is 0. The van der Waals surface area contributed by atoms with Gasteiger partial charge in [0.2, 0.25) is 0 Å². The van der Waals surface area contributed by atoms with Gasteiger partial charge < -0.3 is 14.7 Å². The maximum atomic E-state index is 10.2. The molecule has 7 nitrogen and oxygen atoms in total. The zero-order valence-corrected chi connectivity index (χ0v) is 17.5. The molecular formula is C19H21N5O2Pt. The predicted octanol–water partition coefficient (Wildman–Crippen LogP) is 2.83. The molecule has 3 aromatic rings. The fraction of sp³-hybridized carbons (Fsp3) is 0.316. The zero-order chi connectivity index (χ0) is 18.5. The van der Waals surface area contributed by atoms with Gasteiger partial charge in [-0.05, 0) is 18.2 Å². The first-order chi connectivity index (χ1) is 12.8. The third-order valence-corrected chi connectivity index (χ3v) is 4.13. The Balaban J connectivity index is 0.000000844. The maximum absolute atomic E-state index is 10.2. The number of pyridine rings is 2. The summed E-state index contributed by atoms with van der Waals surface area (Å²) in [5.41, 5.74) is 2.42. The minimum absolute atomic E-state index is 0. The fourth-order valence-corrected chi connectivity index (χ4v) is 2.88. The van der Waals surface area contributed by atoms with Crippen LogP contribution in [0.2, 0.25) is 0 Å². The van der Waals surface area contributed by atoms with Crippen molar-refractivity contribution in [1.82, 2.24) is 14.6 Å². The van der Waals surface area contributed by atoms with Crippen molar-refractivity contribution >= 4 is 11.3 Å². The Kier molecular flexibility index (Phi) is 7.35. The number of hydrogen-bond acceptors (Lipinski definition) is 6. The Labute approximate surface area is 172 Å². The summed E-state index contributed by atoms with van der Waals surface area (Å²) in [6.07, 6.45) is 5.00. The second-order valence-corrected chi connectivity index (χ2v) is 5.58. The van der Waals surface area contributed by atoms with E-state index in [9.17, 15) is 5.11 Å². The van der Waals surface area contributed by atoms with Crippen LogP contribution in [0, 0.1) is 11.3 Å². The van der Waals surface area contributed by atoms with Gasteiger partial charge in [-0.1, -0.05) is 13.8 Å². The monoisotopic (exact) mass is 546 g/mol. The summed E-state index contributed by atoms with van der Waals surface area (Å²) < 4.78 is 6.86. The van der Waals surface area contributed by atoms with Crippen LogP contribution in [-0.4, -0.2) is 46.0 Å². The Hall–Kier alpha value is -2.42. The number of aromatic nitrogens is 3. The molecule has 0 radical (unpaired) electrons. The Morgan fingerprint density at radius 2 is 1.89 bits per heavy atom. The SMILES string of the molecule is CC.N#Cc1cnn2cc(-c3ccc(N4CCOCC4)nc3)cc(O)c12.[Pt]. The number of fused-ring (bicyclic) bond motifs is 1. The van der Waals surface area contributed by atoms with Crippen LogP contribution in [-0.2, 0) is 25.8 Å². The molecule has 0 bridgehead atoms. The van der Waals surface area contributed by atoms with E-state index in [1.54, 1.807) is 18.5 Å². The smallest absolute Gasteiger partial charge is 0.143 e. The summed E-state index contributed by atoms with van der Waals surface area (Å²) in [4.78, 5) is 6.70. The van der Waals surface area contributed by atoms with E-state index >= 15 is 0 Å². The molecule has 0 amide bonds. The van der Waals surface area contributed by atoms with Crippen LogP contribution in [0.4, 0.5) is 5.82 Å². The largest absolute Gasteiger partial charge is 0.506 e. The number of nitrogens with zero attached hydrogens (tertiary/aromatic N) is 5. The first-order valence-corrected chi connectivity index (χ1v) is 8.66. The molecule has 1 aliphatic heterocycles. The van der Waals surface area contributed by atoms with Gasteiger partial charge in [-0.2, -0.15) is 10.4 Å². The van der Waals surface area contributed by atoms with Crippen LogP contribution >= 0.6 is 0 Å². The molecule has 144 valence electrons. The molecule has 4 rings (SSSR count). The van der Waals surface area contributed by atoms with Gasteiger partial charge in [0.05, 0.1) is 19.4 Å². The molecule has 27 heavy (non-hydrogen) atoms. The Bertz CT molecular complexity index is 928. The van der Waals surface area contributed by atoms with Gasteiger partial charge in [-0.3, -0.25) is 0 Å². The Morgan fingerprint density at radius 1 is 1.15 bits per heavy atom. The van der Waals surface area contributed by atoms with Crippen molar-refractivity contribution in [3.63, 3.8) is 0 Å². The summed E-state index contributed by atoms with van der Waals surface area (Å²) in [5.74, 6) is 0.942. The van der Waals surface area contributed by atoms with Crippen LogP contribution in [0.3, 0.4) is 0 Å². The van der Waals surface area contributed by atoms with E-state index < -0.39 is 0 Å².